The number of nitrogens with zero attached hydrogens (tertiary/aromatic N) is 1. The summed E-state index contributed by atoms with van der Waals surface area (Å²) in [6.45, 7) is 0. The van der Waals surface area contributed by atoms with Crippen LogP contribution in [0.1, 0.15) is 5.56 Å². The van der Waals surface area contributed by atoms with Gasteiger partial charge in [-0.05, 0) is 29.8 Å². The van der Waals surface area contributed by atoms with E-state index in [0.29, 0.717) is 0 Å². The predicted molar refractivity (Wildman–Crippen MR) is 72.7 cm³/mol. The van der Waals surface area contributed by atoms with Gasteiger partial charge in [0, 0.05) is 6.21 Å². The number of halogens is 1. The van der Waals surface area contributed by atoms with Gasteiger partial charge in [0.2, 0.25) is 0 Å². The Bertz CT molecular complexity index is 539. The first-order chi connectivity index (χ1) is 8.50. The molecule has 0 N–H and O–H groups in total. The Balaban J connectivity index is 2.06. The van der Waals surface area contributed by atoms with Crippen LogP contribution >= 0.6 is 11.6 Å². The normalized spacial score (nSPS) is 26.6. The molecule has 0 aliphatic carbocycles. The molecule has 1 fully saturated rings. The minimum absolute atomic E-state index is 0.0131. The molecule has 1 aliphatic heterocycles. The van der Waals surface area contributed by atoms with Crippen LogP contribution in [0, 0.1) is 0 Å². The maximum absolute atomic E-state index is 11.4. The summed E-state index contributed by atoms with van der Waals surface area (Å²) in [5.74, 6) is 0.818. The zero-order valence-corrected chi connectivity index (χ0v) is 11.5. The summed E-state index contributed by atoms with van der Waals surface area (Å²) in [4.78, 5) is 4.25. The maximum atomic E-state index is 11.4. The Kier molecular flexibility index (Phi) is 3.92. The number of hydrogen-bond donors (Lipinski definition) is 0. The van der Waals surface area contributed by atoms with E-state index in [1.165, 1.54) is 0 Å². The molecular weight excluding hydrogens is 274 g/mol. The smallest absolute Gasteiger partial charge is 0.153 e. The molecule has 0 radical (unpaired) electrons. The monoisotopic (exact) mass is 287 g/mol. The summed E-state index contributed by atoms with van der Waals surface area (Å²) >= 11 is 5.96. The van der Waals surface area contributed by atoms with Gasteiger partial charge < -0.3 is 4.74 Å². The van der Waals surface area contributed by atoms with E-state index in [-0.39, 0.29) is 17.5 Å². The Hall–Kier alpha value is -1.07. The molecule has 4 nitrogen and oxygen atoms in total. The Morgan fingerprint density at radius 2 is 2.00 bits per heavy atom. The van der Waals surface area contributed by atoms with Gasteiger partial charge in [-0.1, -0.05) is 0 Å². The molecule has 1 aromatic rings. The van der Waals surface area contributed by atoms with Crippen LogP contribution < -0.4 is 4.74 Å². The highest BCUT2D eigenvalue weighted by Crippen LogP contribution is 2.21. The third kappa shape index (κ3) is 3.23. The molecule has 0 amide bonds. The van der Waals surface area contributed by atoms with Gasteiger partial charge in [0.05, 0.1) is 30.0 Å². The Labute approximate surface area is 112 Å². The van der Waals surface area contributed by atoms with E-state index in [4.69, 9.17) is 16.3 Å². The van der Waals surface area contributed by atoms with E-state index in [1.54, 1.807) is 13.3 Å². The van der Waals surface area contributed by atoms with Gasteiger partial charge in [0.15, 0.2) is 9.84 Å². The SMILES string of the molecule is COc1ccc(C=N[C@H]2CS(=O)(=O)C[C@@H]2Cl)cc1. The first-order valence-electron chi connectivity index (χ1n) is 5.52. The molecule has 1 heterocycles. The van der Waals surface area contributed by atoms with Gasteiger partial charge in [-0.2, -0.15) is 0 Å². The summed E-state index contributed by atoms with van der Waals surface area (Å²) in [6.07, 6.45) is 1.65. The molecule has 0 unspecified atom stereocenters. The fraction of sp³-hybridized carbons (Fsp3) is 0.417. The fourth-order valence-electron chi connectivity index (χ4n) is 1.79. The molecule has 1 saturated heterocycles. The van der Waals surface area contributed by atoms with Gasteiger partial charge in [-0.25, -0.2) is 8.42 Å². The van der Waals surface area contributed by atoms with Crippen molar-refractivity contribution in [1.29, 1.82) is 0 Å². The fourth-order valence-corrected chi connectivity index (χ4v) is 4.31. The topological polar surface area (TPSA) is 55.7 Å². The van der Waals surface area contributed by atoms with E-state index in [0.717, 1.165) is 11.3 Å². The number of ether oxygens (including phenoxy) is 1. The molecule has 0 aromatic heterocycles. The molecule has 6 heteroatoms. The summed E-state index contributed by atoms with van der Waals surface area (Å²) < 4.78 is 27.8. The van der Waals surface area contributed by atoms with Crippen LogP contribution in [-0.2, 0) is 9.84 Å². The van der Waals surface area contributed by atoms with Gasteiger partial charge in [0.25, 0.3) is 0 Å². The second-order valence-electron chi connectivity index (χ2n) is 4.21. The van der Waals surface area contributed by atoms with Crippen LogP contribution in [-0.4, -0.2) is 44.7 Å². The molecule has 0 spiro atoms. The van der Waals surface area contributed by atoms with Crippen molar-refractivity contribution in [3.8, 4) is 5.75 Å². The average molecular weight is 288 g/mol. The largest absolute Gasteiger partial charge is 0.497 e. The minimum Gasteiger partial charge on any atom is -0.497 e. The first kappa shape index (κ1) is 13.4. The van der Waals surface area contributed by atoms with Crippen LogP contribution in [0.3, 0.4) is 0 Å². The lowest BCUT2D eigenvalue weighted by atomic mass is 10.2. The first-order valence-corrected chi connectivity index (χ1v) is 7.78. The van der Waals surface area contributed by atoms with Crippen LogP contribution in [0.2, 0.25) is 0 Å². The standard InChI is InChI=1S/C12H14ClNO3S/c1-17-10-4-2-9(3-5-10)6-14-12-8-18(15,16)7-11(12)13/h2-6,11-12H,7-8H2,1H3/t11-,12-/m0/s1. The van der Waals surface area contributed by atoms with Gasteiger partial charge in [0.1, 0.15) is 5.75 Å². The van der Waals surface area contributed by atoms with E-state index >= 15 is 0 Å². The third-order valence-electron chi connectivity index (χ3n) is 2.79. The number of methoxy groups -OCH3 is 1. The van der Waals surface area contributed by atoms with Crippen molar-refractivity contribution >= 4 is 27.7 Å². The quantitative estimate of drug-likeness (QED) is 0.626. The number of alkyl halides is 1. The van der Waals surface area contributed by atoms with Gasteiger partial charge >= 0.3 is 0 Å². The summed E-state index contributed by atoms with van der Waals surface area (Å²) in [6, 6.07) is 7.01. The van der Waals surface area contributed by atoms with Gasteiger partial charge in [-0.3, -0.25) is 4.99 Å². The van der Waals surface area contributed by atoms with Crippen molar-refractivity contribution in [2.45, 2.75) is 11.4 Å². The molecule has 2 rings (SSSR count). The number of sulfone groups is 1. The summed E-state index contributed by atoms with van der Waals surface area (Å²) in [7, 11) is -1.42. The van der Waals surface area contributed by atoms with Crippen molar-refractivity contribution in [1.82, 2.24) is 0 Å². The molecular formula is C12H14ClNO3S. The summed E-state index contributed by atoms with van der Waals surface area (Å²) in [5, 5.41) is -0.426. The highest BCUT2D eigenvalue weighted by atomic mass is 35.5. The molecule has 0 bridgehead atoms. The molecule has 1 aromatic carbocycles. The molecule has 18 heavy (non-hydrogen) atoms. The lowest BCUT2D eigenvalue weighted by Gasteiger charge is -2.05. The summed E-state index contributed by atoms with van der Waals surface area (Å²) in [5.41, 5.74) is 0.893. The van der Waals surface area contributed by atoms with Crippen LogP contribution in [0.5, 0.6) is 5.75 Å². The maximum Gasteiger partial charge on any atom is 0.153 e. The number of aliphatic imine (C=N–C) groups is 1. The average Bonchev–Trinajstić information content (AvgIpc) is 2.60. The van der Waals surface area contributed by atoms with Crippen molar-refractivity contribution in [2.24, 2.45) is 4.99 Å². The molecule has 2 atom stereocenters. The van der Waals surface area contributed by atoms with Crippen molar-refractivity contribution < 1.29 is 13.2 Å². The molecule has 0 saturated carbocycles. The van der Waals surface area contributed by atoms with Gasteiger partial charge in [-0.15, -0.1) is 11.6 Å². The zero-order chi connectivity index (χ0) is 13.2. The van der Waals surface area contributed by atoms with Crippen LogP contribution in [0.4, 0.5) is 0 Å². The molecule has 1 aliphatic rings. The van der Waals surface area contributed by atoms with E-state index < -0.39 is 15.2 Å². The van der Waals surface area contributed by atoms with Crippen molar-refractivity contribution in [3.05, 3.63) is 29.8 Å². The Morgan fingerprint density at radius 1 is 1.33 bits per heavy atom. The minimum atomic E-state index is -3.03. The predicted octanol–water partition coefficient (Wildman–Crippen LogP) is 1.52. The number of hydrogen-bond acceptors (Lipinski definition) is 4. The second kappa shape index (κ2) is 5.28. The highest BCUT2D eigenvalue weighted by Gasteiger charge is 2.35. The van der Waals surface area contributed by atoms with E-state index in [1.807, 2.05) is 24.3 Å². The van der Waals surface area contributed by atoms with E-state index in [9.17, 15) is 8.42 Å². The van der Waals surface area contributed by atoms with Crippen molar-refractivity contribution in [2.75, 3.05) is 18.6 Å². The Morgan fingerprint density at radius 3 is 2.50 bits per heavy atom. The second-order valence-corrected chi connectivity index (χ2v) is 6.93. The lowest BCUT2D eigenvalue weighted by molar-refractivity contribution is 0.415. The van der Waals surface area contributed by atoms with Crippen molar-refractivity contribution in [3.63, 3.8) is 0 Å². The van der Waals surface area contributed by atoms with E-state index in [2.05, 4.69) is 4.99 Å². The molecule has 98 valence electrons. The third-order valence-corrected chi connectivity index (χ3v) is 5.13. The highest BCUT2D eigenvalue weighted by molar-refractivity contribution is 7.91. The number of benzene rings is 1. The van der Waals surface area contributed by atoms with Crippen LogP contribution in [0.25, 0.3) is 0 Å². The lowest BCUT2D eigenvalue weighted by Crippen LogP contribution is -2.16. The zero-order valence-electron chi connectivity index (χ0n) is 9.91. The van der Waals surface area contributed by atoms with Crippen LogP contribution in [0.15, 0.2) is 29.3 Å². The number of rotatable bonds is 3.